The summed E-state index contributed by atoms with van der Waals surface area (Å²) in [7, 11) is 1.70. The van der Waals surface area contributed by atoms with Crippen LogP contribution < -0.4 is 0 Å². The third kappa shape index (κ3) is 3.17. The van der Waals surface area contributed by atoms with E-state index in [0.717, 1.165) is 5.57 Å². The highest BCUT2D eigenvalue weighted by Crippen LogP contribution is 2.47. The highest BCUT2D eigenvalue weighted by Gasteiger charge is 2.47. The van der Waals surface area contributed by atoms with Gasteiger partial charge in [0.05, 0.1) is 29.0 Å². The Morgan fingerprint density at radius 3 is 2.70 bits per heavy atom. The summed E-state index contributed by atoms with van der Waals surface area (Å²) in [4.78, 5) is 17.6. The molecule has 5 unspecified atom stereocenters. The largest absolute Gasteiger partial charge is 0.380 e. The number of hydrogen-bond donors (Lipinski definition) is 0. The van der Waals surface area contributed by atoms with Crippen LogP contribution in [0.3, 0.4) is 0 Å². The lowest BCUT2D eigenvalue weighted by Crippen LogP contribution is -2.50. The second kappa shape index (κ2) is 7.62. The van der Waals surface area contributed by atoms with E-state index >= 15 is 0 Å². The standard InChI is InChI=1S/C23H26N2O2/c1-6-16-21(25-19-10-8-7-9-17(19)22(16)26)15(12-24)11-18-14(4)20(13(2)3)23(18)27-5/h7-11,14,16,18,20,23H,2,6H2,1,3-5H3/b15-11+. The molecule has 1 aliphatic heterocycles. The molecule has 0 N–H and O–H groups in total. The Morgan fingerprint density at radius 1 is 1.41 bits per heavy atom. The van der Waals surface area contributed by atoms with E-state index in [4.69, 9.17) is 9.73 Å². The Bertz CT molecular complexity index is 875. The SMILES string of the molecule is C=C(C)C1C(C)C(/C=C(\C#N)C2=Nc3ccccc3C(=O)C2CC)C1OC. The number of allylic oxidation sites excluding steroid dienone is 1. The average Bonchev–Trinajstić information content (AvgIpc) is 2.66. The fraction of sp³-hybridized carbons (Fsp3) is 0.435. The first-order valence-corrected chi connectivity index (χ1v) is 9.46. The molecule has 1 aliphatic carbocycles. The van der Waals surface area contributed by atoms with Crippen LogP contribution in [0, 0.1) is 35.0 Å². The van der Waals surface area contributed by atoms with E-state index in [9.17, 15) is 10.1 Å². The lowest BCUT2D eigenvalue weighted by atomic mass is 9.60. The molecule has 27 heavy (non-hydrogen) atoms. The molecule has 1 aromatic carbocycles. The number of para-hydroxylation sites is 1. The summed E-state index contributed by atoms with van der Waals surface area (Å²) in [5.74, 6) is 0.402. The first kappa shape index (κ1) is 19.3. The van der Waals surface area contributed by atoms with Crippen molar-refractivity contribution >= 4 is 17.2 Å². The molecule has 1 saturated carbocycles. The van der Waals surface area contributed by atoms with Crippen molar-refractivity contribution in [2.45, 2.75) is 33.3 Å². The summed E-state index contributed by atoms with van der Waals surface area (Å²) < 4.78 is 5.68. The van der Waals surface area contributed by atoms with Crippen LogP contribution in [0.4, 0.5) is 5.69 Å². The van der Waals surface area contributed by atoms with Crippen molar-refractivity contribution in [2.24, 2.45) is 28.7 Å². The van der Waals surface area contributed by atoms with Crippen LogP contribution in [-0.4, -0.2) is 24.7 Å². The quantitative estimate of drug-likeness (QED) is 0.552. The van der Waals surface area contributed by atoms with Gasteiger partial charge in [0, 0.05) is 24.5 Å². The maximum atomic E-state index is 12.9. The smallest absolute Gasteiger partial charge is 0.174 e. The normalized spacial score (nSPS) is 30.0. The molecule has 2 aliphatic rings. The molecular formula is C23H26N2O2. The highest BCUT2D eigenvalue weighted by atomic mass is 16.5. The first-order valence-electron chi connectivity index (χ1n) is 9.46. The molecule has 0 saturated heterocycles. The van der Waals surface area contributed by atoms with E-state index in [1.807, 2.05) is 44.2 Å². The number of aliphatic imine (C=N–C) groups is 1. The summed E-state index contributed by atoms with van der Waals surface area (Å²) in [6.45, 7) is 10.2. The van der Waals surface area contributed by atoms with Gasteiger partial charge in [0.2, 0.25) is 0 Å². The number of carbonyl (C=O) groups excluding carboxylic acids is 1. The number of ether oxygens (including phenoxy) is 1. The number of benzene rings is 1. The van der Waals surface area contributed by atoms with E-state index in [1.165, 1.54) is 0 Å². The number of ketones is 1. The molecule has 1 fully saturated rings. The maximum absolute atomic E-state index is 12.9. The van der Waals surface area contributed by atoms with Crippen molar-refractivity contribution in [3.63, 3.8) is 0 Å². The molecular weight excluding hydrogens is 336 g/mol. The molecule has 0 amide bonds. The van der Waals surface area contributed by atoms with Gasteiger partial charge >= 0.3 is 0 Å². The van der Waals surface area contributed by atoms with Crippen molar-refractivity contribution in [3.8, 4) is 6.07 Å². The molecule has 0 bridgehead atoms. The summed E-state index contributed by atoms with van der Waals surface area (Å²) in [5.41, 5.74) is 3.46. The summed E-state index contributed by atoms with van der Waals surface area (Å²) in [6.07, 6.45) is 2.59. The van der Waals surface area contributed by atoms with Crippen LogP contribution in [0.15, 0.2) is 53.1 Å². The average molecular weight is 362 g/mol. The number of hydrogen-bond acceptors (Lipinski definition) is 4. The van der Waals surface area contributed by atoms with Crippen LogP contribution in [0.1, 0.15) is 37.6 Å². The van der Waals surface area contributed by atoms with Gasteiger partial charge in [-0.1, -0.05) is 44.2 Å². The topological polar surface area (TPSA) is 62.5 Å². The Labute approximate surface area is 161 Å². The van der Waals surface area contributed by atoms with Crippen molar-refractivity contribution in [1.82, 2.24) is 0 Å². The minimum absolute atomic E-state index is 0.00750. The van der Waals surface area contributed by atoms with Crippen LogP contribution >= 0.6 is 0 Å². The minimum Gasteiger partial charge on any atom is -0.380 e. The zero-order valence-corrected chi connectivity index (χ0v) is 16.4. The van der Waals surface area contributed by atoms with Crippen molar-refractivity contribution in [3.05, 3.63) is 53.6 Å². The monoisotopic (exact) mass is 362 g/mol. The summed E-state index contributed by atoms with van der Waals surface area (Å²) in [5, 5.41) is 9.85. The fourth-order valence-corrected chi connectivity index (χ4v) is 4.51. The Balaban J connectivity index is 2.01. The predicted octanol–water partition coefficient (Wildman–Crippen LogP) is 4.90. The molecule has 5 atom stereocenters. The van der Waals surface area contributed by atoms with Crippen molar-refractivity contribution in [2.75, 3.05) is 7.11 Å². The summed E-state index contributed by atoms with van der Waals surface area (Å²) in [6, 6.07) is 9.64. The van der Waals surface area contributed by atoms with E-state index in [1.54, 1.807) is 7.11 Å². The highest BCUT2D eigenvalue weighted by molar-refractivity contribution is 6.24. The van der Waals surface area contributed by atoms with Crippen LogP contribution in [-0.2, 0) is 4.74 Å². The second-order valence-electron chi connectivity index (χ2n) is 7.54. The number of carbonyl (C=O) groups is 1. The van der Waals surface area contributed by atoms with Gasteiger partial charge in [-0.25, -0.2) is 0 Å². The molecule has 4 nitrogen and oxygen atoms in total. The predicted molar refractivity (Wildman–Crippen MR) is 107 cm³/mol. The lowest BCUT2D eigenvalue weighted by molar-refractivity contribution is -0.0795. The zero-order chi connectivity index (χ0) is 19.7. The van der Waals surface area contributed by atoms with E-state index < -0.39 is 0 Å². The lowest BCUT2D eigenvalue weighted by Gasteiger charge is -2.49. The third-order valence-corrected chi connectivity index (χ3v) is 5.97. The molecule has 0 spiro atoms. The van der Waals surface area contributed by atoms with Crippen LogP contribution in [0.25, 0.3) is 0 Å². The molecule has 0 aromatic heterocycles. The van der Waals surface area contributed by atoms with Gasteiger partial charge in [-0.15, -0.1) is 0 Å². The Morgan fingerprint density at radius 2 is 2.11 bits per heavy atom. The van der Waals surface area contributed by atoms with Gasteiger partial charge in [-0.05, 0) is 31.4 Å². The van der Waals surface area contributed by atoms with E-state index in [0.29, 0.717) is 34.9 Å². The second-order valence-corrected chi connectivity index (χ2v) is 7.54. The van der Waals surface area contributed by atoms with Crippen molar-refractivity contribution < 1.29 is 9.53 Å². The van der Waals surface area contributed by atoms with Crippen LogP contribution in [0.2, 0.25) is 0 Å². The van der Waals surface area contributed by atoms with Gasteiger partial charge < -0.3 is 4.74 Å². The molecule has 1 heterocycles. The maximum Gasteiger partial charge on any atom is 0.174 e. The fourth-order valence-electron chi connectivity index (χ4n) is 4.51. The van der Waals surface area contributed by atoms with Gasteiger partial charge in [0.1, 0.15) is 6.07 Å². The van der Waals surface area contributed by atoms with E-state index in [2.05, 4.69) is 19.6 Å². The Kier molecular flexibility index (Phi) is 5.43. The number of nitriles is 1. The van der Waals surface area contributed by atoms with E-state index in [-0.39, 0.29) is 29.6 Å². The number of Topliss-reactive ketones (excluding diaryl/α,β-unsaturated/α-hetero) is 1. The van der Waals surface area contributed by atoms with Gasteiger partial charge in [0.15, 0.2) is 5.78 Å². The molecule has 1 aromatic rings. The number of rotatable bonds is 5. The van der Waals surface area contributed by atoms with Gasteiger partial charge in [-0.3, -0.25) is 9.79 Å². The summed E-state index contributed by atoms with van der Waals surface area (Å²) >= 11 is 0. The molecule has 4 heteroatoms. The number of fused-ring (bicyclic) bond motifs is 1. The first-order chi connectivity index (χ1) is 12.9. The molecule has 140 valence electrons. The minimum atomic E-state index is -0.376. The van der Waals surface area contributed by atoms with Crippen molar-refractivity contribution in [1.29, 1.82) is 5.26 Å². The van der Waals surface area contributed by atoms with Crippen LogP contribution in [0.5, 0.6) is 0 Å². The van der Waals surface area contributed by atoms with Gasteiger partial charge in [-0.2, -0.15) is 5.26 Å². The number of nitrogens with zero attached hydrogens (tertiary/aromatic N) is 2. The number of methoxy groups -OCH3 is 1. The Hall–Kier alpha value is -2.51. The van der Waals surface area contributed by atoms with Gasteiger partial charge in [0.25, 0.3) is 0 Å². The molecule has 3 rings (SSSR count). The zero-order valence-electron chi connectivity index (χ0n) is 16.4. The third-order valence-electron chi connectivity index (χ3n) is 5.97. The molecule has 0 radical (unpaired) electrons.